The highest BCUT2D eigenvalue weighted by Gasteiger charge is 2.42. The topological polar surface area (TPSA) is 87.2 Å². The Labute approximate surface area is 146 Å². The summed E-state index contributed by atoms with van der Waals surface area (Å²) < 4.78 is 5.51. The minimum atomic E-state index is -0.879. The first-order chi connectivity index (χ1) is 11.9. The molecule has 2 amide bonds. The Morgan fingerprint density at radius 1 is 1.24 bits per heavy atom. The van der Waals surface area contributed by atoms with E-state index in [1.165, 1.54) is 4.90 Å². The van der Waals surface area contributed by atoms with Crippen LogP contribution in [0.2, 0.25) is 0 Å². The van der Waals surface area contributed by atoms with Gasteiger partial charge in [0.2, 0.25) is 5.91 Å². The highest BCUT2D eigenvalue weighted by Crippen LogP contribution is 2.30. The second-order valence-corrected chi connectivity index (χ2v) is 6.86. The molecule has 2 aliphatic heterocycles. The zero-order valence-electron chi connectivity index (χ0n) is 14.2. The summed E-state index contributed by atoms with van der Waals surface area (Å²) >= 11 is 0. The smallest absolute Gasteiger partial charge is 0.311 e. The van der Waals surface area contributed by atoms with E-state index in [9.17, 15) is 19.5 Å². The maximum Gasteiger partial charge on any atom is 0.311 e. The van der Waals surface area contributed by atoms with Gasteiger partial charge in [0.15, 0.2) is 6.61 Å². The molecule has 1 aromatic rings. The summed E-state index contributed by atoms with van der Waals surface area (Å²) in [5.41, 5.74) is -0.0440. The molecule has 7 heteroatoms. The maximum absolute atomic E-state index is 12.2. The van der Waals surface area contributed by atoms with Crippen molar-refractivity contribution < 1.29 is 24.2 Å². The lowest BCUT2D eigenvalue weighted by Gasteiger charge is -2.20. The molecule has 1 N–H and O–H groups in total. The van der Waals surface area contributed by atoms with Gasteiger partial charge in [0.1, 0.15) is 5.75 Å². The standard InChI is InChI=1S/C18H22N2O5/c1-18(17(23)24)8-10-19(12-18)16(22)11-25-14-6-4-13(5-7-14)20-9-2-3-15(20)21/h4-7H,2-3,8-12H2,1H3,(H,23,24). The van der Waals surface area contributed by atoms with Crippen LogP contribution in [0.15, 0.2) is 24.3 Å². The fourth-order valence-corrected chi connectivity index (χ4v) is 3.23. The van der Waals surface area contributed by atoms with Crippen LogP contribution in [0.5, 0.6) is 5.75 Å². The molecular weight excluding hydrogens is 324 g/mol. The van der Waals surface area contributed by atoms with Crippen molar-refractivity contribution in [1.29, 1.82) is 0 Å². The van der Waals surface area contributed by atoms with Gasteiger partial charge in [-0.1, -0.05) is 0 Å². The third-order valence-electron chi connectivity index (χ3n) is 4.93. The van der Waals surface area contributed by atoms with E-state index in [1.54, 1.807) is 36.1 Å². The Morgan fingerprint density at radius 3 is 2.52 bits per heavy atom. The van der Waals surface area contributed by atoms with Crippen molar-refractivity contribution in [2.45, 2.75) is 26.2 Å². The fourth-order valence-electron chi connectivity index (χ4n) is 3.23. The lowest BCUT2D eigenvalue weighted by Crippen LogP contribution is -2.37. The summed E-state index contributed by atoms with van der Waals surface area (Å²) in [5, 5.41) is 9.22. The van der Waals surface area contributed by atoms with Crippen molar-refractivity contribution in [1.82, 2.24) is 4.90 Å². The molecule has 0 bridgehead atoms. The summed E-state index contributed by atoms with van der Waals surface area (Å²) in [4.78, 5) is 38.4. The van der Waals surface area contributed by atoms with Crippen LogP contribution in [0, 0.1) is 5.41 Å². The number of carboxylic acids is 1. The number of likely N-dealkylation sites (tertiary alicyclic amines) is 1. The Hall–Kier alpha value is -2.57. The van der Waals surface area contributed by atoms with Crippen molar-refractivity contribution >= 4 is 23.5 Å². The summed E-state index contributed by atoms with van der Waals surface area (Å²) in [5.74, 6) is -0.428. The number of benzene rings is 1. The summed E-state index contributed by atoms with van der Waals surface area (Å²) in [6, 6.07) is 7.08. The number of carbonyl (C=O) groups is 3. The van der Waals surface area contributed by atoms with Crippen molar-refractivity contribution in [2.75, 3.05) is 31.1 Å². The van der Waals surface area contributed by atoms with Crippen LogP contribution in [0.4, 0.5) is 5.69 Å². The zero-order valence-corrected chi connectivity index (χ0v) is 14.2. The van der Waals surface area contributed by atoms with Crippen LogP contribution in [0.3, 0.4) is 0 Å². The quantitative estimate of drug-likeness (QED) is 0.873. The molecule has 2 aliphatic rings. The normalized spacial score (nSPS) is 23.2. The van der Waals surface area contributed by atoms with Crippen LogP contribution in [0.25, 0.3) is 0 Å². The monoisotopic (exact) mass is 346 g/mol. The average Bonchev–Trinajstić information content (AvgIpc) is 3.20. The molecule has 1 aromatic carbocycles. The first kappa shape index (κ1) is 17.3. The first-order valence-electron chi connectivity index (χ1n) is 8.43. The SMILES string of the molecule is CC1(C(=O)O)CCN(C(=O)COc2ccc(N3CCCC3=O)cc2)C1. The van der Waals surface area contributed by atoms with Crippen LogP contribution >= 0.6 is 0 Å². The van der Waals surface area contributed by atoms with Crippen molar-refractivity contribution in [3.8, 4) is 5.75 Å². The van der Waals surface area contributed by atoms with Crippen LogP contribution < -0.4 is 9.64 Å². The van der Waals surface area contributed by atoms with E-state index >= 15 is 0 Å². The fraction of sp³-hybridized carbons (Fsp3) is 0.500. The number of carboxylic acid groups (broad SMARTS) is 1. The van der Waals surface area contributed by atoms with Gasteiger partial charge >= 0.3 is 5.97 Å². The molecule has 2 heterocycles. The second kappa shape index (κ2) is 6.74. The number of carbonyl (C=O) groups excluding carboxylic acids is 2. The summed E-state index contributed by atoms with van der Waals surface area (Å²) in [6.07, 6.45) is 1.90. The van der Waals surface area contributed by atoms with E-state index in [2.05, 4.69) is 0 Å². The van der Waals surface area contributed by atoms with Crippen molar-refractivity contribution in [3.63, 3.8) is 0 Å². The van der Waals surface area contributed by atoms with Gasteiger partial charge in [-0.05, 0) is 44.0 Å². The van der Waals surface area contributed by atoms with Crippen molar-refractivity contribution in [3.05, 3.63) is 24.3 Å². The number of amides is 2. The Kier molecular flexibility index (Phi) is 4.65. The van der Waals surface area contributed by atoms with Crippen molar-refractivity contribution in [2.24, 2.45) is 5.41 Å². The predicted octanol–water partition coefficient (Wildman–Crippen LogP) is 1.52. The van der Waals surface area contributed by atoms with E-state index in [1.807, 2.05) is 0 Å². The van der Waals surface area contributed by atoms with Crippen LogP contribution in [-0.4, -0.2) is 54.0 Å². The number of aliphatic carboxylic acids is 1. The van der Waals surface area contributed by atoms with Gasteiger partial charge in [-0.15, -0.1) is 0 Å². The van der Waals surface area contributed by atoms with Gasteiger partial charge in [0.05, 0.1) is 5.41 Å². The molecule has 0 aromatic heterocycles. The molecule has 25 heavy (non-hydrogen) atoms. The van der Waals surface area contributed by atoms with Gasteiger partial charge in [-0.25, -0.2) is 0 Å². The molecular formula is C18H22N2O5. The molecule has 0 aliphatic carbocycles. The van der Waals surface area contributed by atoms with E-state index in [0.717, 1.165) is 18.7 Å². The summed E-state index contributed by atoms with van der Waals surface area (Å²) in [7, 11) is 0. The predicted molar refractivity (Wildman–Crippen MR) is 90.5 cm³/mol. The number of nitrogens with zero attached hydrogens (tertiary/aromatic N) is 2. The molecule has 0 radical (unpaired) electrons. The number of ether oxygens (including phenoxy) is 1. The van der Waals surface area contributed by atoms with Gasteiger partial charge in [0, 0.05) is 31.7 Å². The number of hydrogen-bond donors (Lipinski definition) is 1. The molecule has 3 rings (SSSR count). The lowest BCUT2D eigenvalue weighted by atomic mass is 9.90. The molecule has 2 saturated heterocycles. The minimum absolute atomic E-state index is 0.124. The third-order valence-corrected chi connectivity index (χ3v) is 4.93. The largest absolute Gasteiger partial charge is 0.484 e. The van der Waals surface area contributed by atoms with E-state index in [4.69, 9.17) is 4.74 Å². The number of hydrogen-bond acceptors (Lipinski definition) is 4. The molecule has 2 fully saturated rings. The Morgan fingerprint density at radius 2 is 1.96 bits per heavy atom. The molecule has 0 spiro atoms. The van der Waals surface area contributed by atoms with Gasteiger partial charge in [-0.2, -0.15) is 0 Å². The summed E-state index contributed by atoms with van der Waals surface area (Å²) in [6.45, 7) is 2.90. The van der Waals surface area contributed by atoms with Crippen LogP contribution in [0.1, 0.15) is 26.2 Å². The molecule has 1 atom stereocenters. The van der Waals surface area contributed by atoms with E-state index in [0.29, 0.717) is 25.1 Å². The maximum atomic E-state index is 12.2. The highest BCUT2D eigenvalue weighted by molar-refractivity contribution is 5.95. The molecule has 0 saturated carbocycles. The Bertz CT molecular complexity index is 687. The highest BCUT2D eigenvalue weighted by atomic mass is 16.5. The third kappa shape index (κ3) is 3.60. The van der Waals surface area contributed by atoms with Crippen LogP contribution in [-0.2, 0) is 14.4 Å². The van der Waals surface area contributed by atoms with Gasteiger partial charge in [0.25, 0.3) is 5.91 Å². The molecule has 1 unspecified atom stereocenters. The van der Waals surface area contributed by atoms with E-state index < -0.39 is 11.4 Å². The second-order valence-electron chi connectivity index (χ2n) is 6.86. The van der Waals surface area contributed by atoms with E-state index in [-0.39, 0.29) is 25.0 Å². The average molecular weight is 346 g/mol. The van der Waals surface area contributed by atoms with Gasteiger partial charge < -0.3 is 19.6 Å². The number of anilines is 1. The molecule has 7 nitrogen and oxygen atoms in total. The Balaban J connectivity index is 1.53. The minimum Gasteiger partial charge on any atom is -0.484 e. The van der Waals surface area contributed by atoms with Gasteiger partial charge in [-0.3, -0.25) is 14.4 Å². The molecule has 134 valence electrons. The number of rotatable bonds is 5. The lowest BCUT2D eigenvalue weighted by molar-refractivity contribution is -0.147. The first-order valence-corrected chi connectivity index (χ1v) is 8.43. The zero-order chi connectivity index (χ0) is 18.0.